The molecule has 154 valence electrons. The van der Waals surface area contributed by atoms with E-state index in [2.05, 4.69) is 4.98 Å². The minimum absolute atomic E-state index is 0.0631. The topological polar surface area (TPSA) is 108 Å². The molecule has 0 spiro atoms. The second-order valence-electron chi connectivity index (χ2n) is 5.90. The van der Waals surface area contributed by atoms with Gasteiger partial charge in [0.05, 0.1) is 13.7 Å². The first-order valence-corrected chi connectivity index (χ1v) is 8.94. The molecule has 0 aliphatic carbocycles. The SMILES string of the molecule is COc1ccc(Cn2c(Cl)cc(=O)n(C)c2=O)cc1.Cn1c(=O)cc(Cl)[nH]c1=O. The Labute approximate surface area is 174 Å². The fraction of sp³-hybridized carbons (Fsp3) is 0.222. The van der Waals surface area contributed by atoms with E-state index >= 15 is 0 Å². The summed E-state index contributed by atoms with van der Waals surface area (Å²) in [6, 6.07) is 9.65. The number of H-pyrrole nitrogens is 1. The highest BCUT2D eigenvalue weighted by Crippen LogP contribution is 2.13. The van der Waals surface area contributed by atoms with E-state index in [4.69, 9.17) is 27.9 Å². The zero-order valence-electron chi connectivity index (χ0n) is 15.8. The van der Waals surface area contributed by atoms with E-state index in [1.54, 1.807) is 19.2 Å². The first kappa shape index (κ1) is 22.3. The van der Waals surface area contributed by atoms with Crippen molar-refractivity contribution in [1.82, 2.24) is 18.7 Å². The molecule has 1 N–H and O–H groups in total. The fourth-order valence-electron chi connectivity index (χ4n) is 2.23. The molecule has 0 saturated carbocycles. The van der Waals surface area contributed by atoms with Crippen LogP contribution in [-0.2, 0) is 20.6 Å². The van der Waals surface area contributed by atoms with E-state index in [0.717, 1.165) is 26.5 Å². The Morgan fingerprint density at radius 2 is 1.52 bits per heavy atom. The van der Waals surface area contributed by atoms with Gasteiger partial charge in [0.2, 0.25) is 0 Å². The zero-order valence-corrected chi connectivity index (χ0v) is 17.3. The monoisotopic (exact) mass is 440 g/mol. The fourth-order valence-corrected chi connectivity index (χ4v) is 2.63. The Morgan fingerprint density at radius 1 is 0.931 bits per heavy atom. The van der Waals surface area contributed by atoms with Gasteiger partial charge in [-0.25, -0.2) is 9.59 Å². The molecule has 0 fully saturated rings. The molecule has 1 aromatic carbocycles. The first-order chi connectivity index (χ1) is 13.6. The lowest BCUT2D eigenvalue weighted by Crippen LogP contribution is -2.37. The molecule has 0 saturated heterocycles. The lowest BCUT2D eigenvalue weighted by molar-refractivity contribution is 0.414. The number of methoxy groups -OCH3 is 1. The first-order valence-electron chi connectivity index (χ1n) is 8.19. The number of ether oxygens (including phenoxy) is 1. The molecule has 0 radical (unpaired) electrons. The summed E-state index contributed by atoms with van der Waals surface area (Å²) in [5.41, 5.74) is -0.871. The van der Waals surface area contributed by atoms with Gasteiger partial charge in [-0.1, -0.05) is 35.3 Å². The van der Waals surface area contributed by atoms with Gasteiger partial charge >= 0.3 is 11.4 Å². The summed E-state index contributed by atoms with van der Waals surface area (Å²) in [6.07, 6.45) is 0. The maximum atomic E-state index is 12.0. The number of benzene rings is 1. The maximum absolute atomic E-state index is 12.0. The molecular weight excluding hydrogens is 423 g/mol. The molecule has 2 heterocycles. The quantitative estimate of drug-likeness (QED) is 0.610. The molecule has 9 nitrogen and oxygen atoms in total. The van der Waals surface area contributed by atoms with Gasteiger partial charge in [-0.05, 0) is 17.7 Å². The second kappa shape index (κ2) is 9.44. The van der Waals surface area contributed by atoms with Crippen LogP contribution in [0.5, 0.6) is 5.75 Å². The van der Waals surface area contributed by atoms with Crippen LogP contribution >= 0.6 is 23.2 Å². The van der Waals surface area contributed by atoms with Crippen molar-refractivity contribution >= 4 is 23.2 Å². The smallest absolute Gasteiger partial charge is 0.332 e. The third-order valence-electron chi connectivity index (χ3n) is 3.96. The standard InChI is InChI=1S/C13H13ClN2O3.C5H5ClN2O2/c1-15-12(17)7-11(14)16(13(15)18)8-9-3-5-10(19-2)6-4-9;1-8-4(9)2-3(6)7-5(8)10/h3-7H,8H2,1-2H3;2H,1H3,(H,7,10). The van der Waals surface area contributed by atoms with Gasteiger partial charge in [0, 0.05) is 26.2 Å². The van der Waals surface area contributed by atoms with Gasteiger partial charge in [-0.15, -0.1) is 0 Å². The number of aromatic amines is 1. The van der Waals surface area contributed by atoms with E-state index in [-0.39, 0.29) is 10.3 Å². The molecule has 0 bridgehead atoms. The molecule has 0 amide bonds. The number of halogens is 2. The Kier molecular flexibility index (Phi) is 7.24. The van der Waals surface area contributed by atoms with E-state index in [0.29, 0.717) is 6.54 Å². The largest absolute Gasteiger partial charge is 0.497 e. The normalized spacial score (nSPS) is 10.2. The molecule has 3 rings (SSSR count). The van der Waals surface area contributed by atoms with Crippen LogP contribution in [0.2, 0.25) is 10.3 Å². The summed E-state index contributed by atoms with van der Waals surface area (Å²) < 4.78 is 8.36. The summed E-state index contributed by atoms with van der Waals surface area (Å²) in [5, 5.41) is 0.192. The Bertz CT molecular complexity index is 1210. The summed E-state index contributed by atoms with van der Waals surface area (Å²) >= 11 is 11.3. The highest BCUT2D eigenvalue weighted by atomic mass is 35.5. The van der Waals surface area contributed by atoms with E-state index in [1.807, 2.05) is 12.1 Å². The number of hydrogen-bond acceptors (Lipinski definition) is 5. The highest BCUT2D eigenvalue weighted by Gasteiger charge is 2.08. The van der Waals surface area contributed by atoms with Crippen molar-refractivity contribution in [2.45, 2.75) is 6.54 Å². The summed E-state index contributed by atoms with van der Waals surface area (Å²) in [6.45, 7) is 0.301. The van der Waals surface area contributed by atoms with Crippen LogP contribution in [0, 0.1) is 0 Å². The van der Waals surface area contributed by atoms with Crippen molar-refractivity contribution in [3.05, 3.63) is 93.9 Å². The predicted molar refractivity (Wildman–Crippen MR) is 110 cm³/mol. The van der Waals surface area contributed by atoms with Gasteiger partial charge in [0.1, 0.15) is 16.1 Å². The zero-order chi connectivity index (χ0) is 21.7. The van der Waals surface area contributed by atoms with E-state index < -0.39 is 22.5 Å². The molecule has 0 atom stereocenters. The molecule has 0 aliphatic rings. The van der Waals surface area contributed by atoms with Gasteiger partial charge in [0.25, 0.3) is 11.1 Å². The van der Waals surface area contributed by atoms with Crippen molar-refractivity contribution in [1.29, 1.82) is 0 Å². The minimum Gasteiger partial charge on any atom is -0.497 e. The van der Waals surface area contributed by atoms with Crippen LogP contribution in [-0.4, -0.2) is 25.8 Å². The summed E-state index contributed by atoms with van der Waals surface area (Å²) in [7, 11) is 4.38. The molecule has 29 heavy (non-hydrogen) atoms. The van der Waals surface area contributed by atoms with Gasteiger partial charge in [-0.3, -0.25) is 28.3 Å². The Morgan fingerprint density at radius 3 is 2.07 bits per heavy atom. The number of nitrogens with one attached hydrogen (secondary N) is 1. The van der Waals surface area contributed by atoms with Crippen LogP contribution in [0.25, 0.3) is 0 Å². The average molecular weight is 441 g/mol. The van der Waals surface area contributed by atoms with Crippen LogP contribution in [0.3, 0.4) is 0 Å². The third kappa shape index (κ3) is 5.49. The summed E-state index contributed by atoms with van der Waals surface area (Å²) in [5.74, 6) is 0.739. The Balaban J connectivity index is 0.000000253. The molecule has 2 aromatic heterocycles. The van der Waals surface area contributed by atoms with Crippen molar-refractivity contribution in [2.24, 2.45) is 14.1 Å². The molecule has 3 aromatic rings. The van der Waals surface area contributed by atoms with Crippen LogP contribution in [0.15, 0.2) is 55.6 Å². The van der Waals surface area contributed by atoms with Gasteiger partial charge in [-0.2, -0.15) is 0 Å². The molecule has 11 heteroatoms. The van der Waals surface area contributed by atoms with E-state index in [9.17, 15) is 19.2 Å². The van der Waals surface area contributed by atoms with Gasteiger partial charge < -0.3 is 4.74 Å². The molecule has 0 unspecified atom stereocenters. The van der Waals surface area contributed by atoms with Crippen molar-refractivity contribution in [3.63, 3.8) is 0 Å². The van der Waals surface area contributed by atoms with Crippen LogP contribution in [0.4, 0.5) is 0 Å². The van der Waals surface area contributed by atoms with Crippen LogP contribution < -0.4 is 27.2 Å². The number of nitrogens with zero attached hydrogens (tertiary/aromatic N) is 3. The number of rotatable bonds is 3. The lowest BCUT2D eigenvalue weighted by Gasteiger charge is -2.10. The molecular formula is C18H18Cl2N4O5. The summed E-state index contributed by atoms with van der Waals surface area (Å²) in [4.78, 5) is 47.0. The van der Waals surface area contributed by atoms with Crippen molar-refractivity contribution in [2.75, 3.05) is 7.11 Å². The van der Waals surface area contributed by atoms with Crippen molar-refractivity contribution < 1.29 is 4.74 Å². The average Bonchev–Trinajstić information content (AvgIpc) is 2.68. The predicted octanol–water partition coefficient (Wildman–Crippen LogP) is 0.984. The number of aromatic nitrogens is 4. The van der Waals surface area contributed by atoms with Gasteiger partial charge in [0.15, 0.2) is 0 Å². The van der Waals surface area contributed by atoms with Crippen molar-refractivity contribution in [3.8, 4) is 5.75 Å². The Hall–Kier alpha value is -3.04. The highest BCUT2D eigenvalue weighted by molar-refractivity contribution is 6.29. The lowest BCUT2D eigenvalue weighted by atomic mass is 10.2. The second-order valence-corrected chi connectivity index (χ2v) is 6.70. The third-order valence-corrected chi connectivity index (χ3v) is 4.48. The minimum atomic E-state index is -0.502. The maximum Gasteiger partial charge on any atom is 0.332 e. The molecule has 0 aliphatic heterocycles. The van der Waals surface area contributed by atoms with Crippen LogP contribution in [0.1, 0.15) is 5.56 Å². The number of hydrogen-bond donors (Lipinski definition) is 1. The van der Waals surface area contributed by atoms with E-state index in [1.165, 1.54) is 24.7 Å².